The molecule has 2 aromatic rings. The Morgan fingerprint density at radius 3 is 2.65 bits per heavy atom. The molecule has 0 aliphatic carbocycles. The van der Waals surface area contributed by atoms with Crippen molar-refractivity contribution in [1.82, 2.24) is 4.90 Å². The molecule has 2 nitrogen and oxygen atoms in total. The van der Waals surface area contributed by atoms with Crippen LogP contribution in [0.1, 0.15) is 18.4 Å². The van der Waals surface area contributed by atoms with Crippen molar-refractivity contribution in [2.45, 2.75) is 17.7 Å². The van der Waals surface area contributed by atoms with Gasteiger partial charge in [0, 0.05) is 28.6 Å². The minimum atomic E-state index is 0.755. The van der Waals surface area contributed by atoms with Crippen LogP contribution in [0.5, 0.6) is 11.5 Å². The van der Waals surface area contributed by atoms with Gasteiger partial charge in [0.25, 0.3) is 0 Å². The lowest BCUT2D eigenvalue weighted by molar-refractivity contribution is 0.313. The van der Waals surface area contributed by atoms with Gasteiger partial charge in [0.05, 0.1) is 4.90 Å². The van der Waals surface area contributed by atoms with E-state index in [1.165, 1.54) is 15.4 Å². The van der Waals surface area contributed by atoms with E-state index < -0.39 is 0 Å². The maximum absolute atomic E-state index is 6.27. The molecule has 0 radical (unpaired) electrons. The summed E-state index contributed by atoms with van der Waals surface area (Å²) in [5.74, 6) is 1.82. The van der Waals surface area contributed by atoms with Crippen LogP contribution in [0, 0.1) is 0 Å². The summed E-state index contributed by atoms with van der Waals surface area (Å²) in [7, 11) is 2.19. The number of benzene rings is 2. The van der Waals surface area contributed by atoms with Gasteiger partial charge in [-0.2, -0.15) is 0 Å². The first-order valence-corrected chi connectivity index (χ1v) is 9.05. The highest BCUT2D eigenvalue weighted by Crippen LogP contribution is 2.50. The minimum Gasteiger partial charge on any atom is -0.456 e. The molecular formula is C19H18ClNOS. The fourth-order valence-electron chi connectivity index (χ4n) is 3.05. The number of likely N-dealkylation sites (tertiary alicyclic amines) is 1. The summed E-state index contributed by atoms with van der Waals surface area (Å²) in [4.78, 5) is 4.87. The average Bonchev–Trinajstić information content (AvgIpc) is 2.72. The molecule has 2 aliphatic rings. The topological polar surface area (TPSA) is 12.5 Å². The second-order valence-corrected chi connectivity index (χ2v) is 7.52. The number of rotatable bonds is 0. The van der Waals surface area contributed by atoms with Crippen LogP contribution < -0.4 is 4.74 Å². The zero-order valence-corrected chi connectivity index (χ0v) is 14.6. The molecule has 1 fully saturated rings. The number of ether oxygens (including phenoxy) is 1. The van der Waals surface area contributed by atoms with Crippen LogP contribution in [0.2, 0.25) is 5.02 Å². The standard InChI is InChI=1S/C19H18ClNOS/c1-21-10-8-13(9-11-21)19-15-12-14(20)6-7-16(15)22-17-4-2-3-5-18(17)23-19/h2-7,12H,8-11H2,1H3. The second kappa shape index (κ2) is 6.23. The largest absolute Gasteiger partial charge is 0.456 e. The molecule has 0 bridgehead atoms. The lowest BCUT2D eigenvalue weighted by atomic mass is 10.0. The highest BCUT2D eigenvalue weighted by atomic mass is 35.5. The number of fused-ring (bicyclic) bond motifs is 2. The number of thioether (sulfide) groups is 1. The van der Waals surface area contributed by atoms with Gasteiger partial charge in [-0.1, -0.05) is 41.1 Å². The molecule has 0 unspecified atom stereocenters. The smallest absolute Gasteiger partial charge is 0.141 e. The third-order valence-electron chi connectivity index (χ3n) is 4.38. The summed E-state index contributed by atoms with van der Waals surface area (Å²) in [5.41, 5.74) is 2.63. The van der Waals surface area contributed by atoms with Gasteiger partial charge in [0.15, 0.2) is 0 Å². The molecule has 23 heavy (non-hydrogen) atoms. The second-order valence-electron chi connectivity index (χ2n) is 6.03. The van der Waals surface area contributed by atoms with Gasteiger partial charge < -0.3 is 9.64 Å². The van der Waals surface area contributed by atoms with Crippen LogP contribution in [0.4, 0.5) is 0 Å². The van der Waals surface area contributed by atoms with Gasteiger partial charge in [0.2, 0.25) is 0 Å². The SMILES string of the molecule is CN1CCC(=C2Sc3ccccc3Oc3ccc(Cl)cc32)CC1. The van der Waals surface area contributed by atoms with Crippen LogP contribution >= 0.6 is 23.4 Å². The Morgan fingerprint density at radius 1 is 1.04 bits per heavy atom. The molecule has 118 valence electrons. The fourth-order valence-corrected chi connectivity index (χ4v) is 4.42. The van der Waals surface area contributed by atoms with Crippen LogP contribution in [-0.4, -0.2) is 25.0 Å². The van der Waals surface area contributed by atoms with E-state index in [0.29, 0.717) is 0 Å². The molecule has 4 heteroatoms. The molecule has 0 amide bonds. The van der Waals surface area contributed by atoms with Crippen molar-refractivity contribution < 1.29 is 4.74 Å². The Hall–Kier alpha value is -1.42. The van der Waals surface area contributed by atoms with Gasteiger partial charge in [0.1, 0.15) is 11.5 Å². The minimum absolute atomic E-state index is 0.755. The molecule has 2 heterocycles. The Morgan fingerprint density at radius 2 is 1.83 bits per heavy atom. The molecule has 2 aliphatic heterocycles. The maximum atomic E-state index is 6.27. The molecule has 2 aromatic carbocycles. The first-order valence-electron chi connectivity index (χ1n) is 7.86. The molecule has 1 saturated heterocycles. The molecule has 0 atom stereocenters. The molecular weight excluding hydrogens is 326 g/mol. The summed E-state index contributed by atoms with van der Waals surface area (Å²) < 4.78 is 6.18. The van der Waals surface area contributed by atoms with Gasteiger partial charge in [-0.25, -0.2) is 0 Å². The van der Waals surface area contributed by atoms with E-state index in [0.717, 1.165) is 48.0 Å². The van der Waals surface area contributed by atoms with E-state index in [2.05, 4.69) is 24.1 Å². The Bertz CT molecular complexity index is 777. The quantitative estimate of drug-likeness (QED) is 0.611. The van der Waals surface area contributed by atoms with Crippen molar-refractivity contribution in [2.75, 3.05) is 20.1 Å². The molecule has 0 spiro atoms. The van der Waals surface area contributed by atoms with Crippen molar-refractivity contribution in [3.05, 3.63) is 58.6 Å². The van der Waals surface area contributed by atoms with Crippen LogP contribution in [0.15, 0.2) is 52.9 Å². The number of nitrogens with zero attached hydrogens (tertiary/aromatic N) is 1. The predicted molar refractivity (Wildman–Crippen MR) is 97.5 cm³/mol. The molecule has 0 saturated carbocycles. The van der Waals surface area contributed by atoms with Crippen molar-refractivity contribution >= 4 is 28.3 Å². The highest BCUT2D eigenvalue weighted by molar-refractivity contribution is 8.08. The van der Waals surface area contributed by atoms with Crippen LogP contribution in [0.3, 0.4) is 0 Å². The van der Waals surface area contributed by atoms with E-state index in [1.54, 1.807) is 0 Å². The van der Waals surface area contributed by atoms with Crippen LogP contribution in [-0.2, 0) is 0 Å². The van der Waals surface area contributed by atoms with Gasteiger partial charge in [-0.3, -0.25) is 0 Å². The lowest BCUT2D eigenvalue weighted by Gasteiger charge is -2.26. The Labute approximate surface area is 146 Å². The van der Waals surface area contributed by atoms with Crippen molar-refractivity contribution in [2.24, 2.45) is 0 Å². The summed E-state index contributed by atoms with van der Waals surface area (Å²) in [6.45, 7) is 2.22. The number of para-hydroxylation sites is 1. The number of hydrogen-bond donors (Lipinski definition) is 0. The third kappa shape index (κ3) is 3.01. The molecule has 4 rings (SSSR count). The lowest BCUT2D eigenvalue weighted by Crippen LogP contribution is -2.26. The van der Waals surface area contributed by atoms with Crippen molar-refractivity contribution in [3.63, 3.8) is 0 Å². The third-order valence-corrected chi connectivity index (χ3v) is 5.88. The normalized spacial score (nSPS) is 18.0. The number of hydrogen-bond acceptors (Lipinski definition) is 3. The zero-order chi connectivity index (χ0) is 15.8. The first kappa shape index (κ1) is 15.1. The van der Waals surface area contributed by atoms with Crippen molar-refractivity contribution in [1.29, 1.82) is 0 Å². The maximum Gasteiger partial charge on any atom is 0.141 e. The van der Waals surface area contributed by atoms with E-state index >= 15 is 0 Å². The zero-order valence-electron chi connectivity index (χ0n) is 13.0. The number of halogens is 1. The van der Waals surface area contributed by atoms with E-state index in [4.69, 9.17) is 16.3 Å². The Balaban J connectivity index is 1.87. The average molecular weight is 344 g/mol. The summed E-state index contributed by atoms with van der Waals surface area (Å²) in [5, 5.41) is 0.755. The monoisotopic (exact) mass is 343 g/mol. The predicted octanol–water partition coefficient (Wildman–Crippen LogP) is 5.67. The summed E-state index contributed by atoms with van der Waals surface area (Å²) in [6, 6.07) is 14.2. The summed E-state index contributed by atoms with van der Waals surface area (Å²) in [6.07, 6.45) is 2.21. The summed E-state index contributed by atoms with van der Waals surface area (Å²) >= 11 is 8.09. The van der Waals surface area contributed by atoms with Crippen molar-refractivity contribution in [3.8, 4) is 11.5 Å². The molecule has 0 N–H and O–H groups in total. The van der Waals surface area contributed by atoms with E-state index in [1.807, 2.05) is 42.1 Å². The van der Waals surface area contributed by atoms with Gasteiger partial charge in [-0.05, 0) is 50.2 Å². The van der Waals surface area contributed by atoms with Crippen LogP contribution in [0.25, 0.3) is 4.91 Å². The first-order chi connectivity index (χ1) is 11.2. The fraction of sp³-hybridized carbons (Fsp3) is 0.263. The van der Waals surface area contributed by atoms with E-state index in [9.17, 15) is 0 Å². The van der Waals surface area contributed by atoms with Gasteiger partial charge >= 0.3 is 0 Å². The van der Waals surface area contributed by atoms with E-state index in [-0.39, 0.29) is 0 Å². The Kier molecular flexibility index (Phi) is 4.10. The molecule has 0 aromatic heterocycles. The van der Waals surface area contributed by atoms with Gasteiger partial charge in [-0.15, -0.1) is 0 Å². The number of piperidine rings is 1. The highest BCUT2D eigenvalue weighted by Gasteiger charge is 2.24.